The number of anilines is 1. The predicted molar refractivity (Wildman–Crippen MR) is 75.2 cm³/mol. The Balaban J connectivity index is 2.67. The maximum Gasteiger partial charge on any atom is 0.0423 e. The Morgan fingerprint density at radius 2 is 1.24 bits per heavy atom. The normalized spacial score (nSPS) is 10.6. The van der Waals surface area contributed by atoms with Gasteiger partial charge in [0.05, 0.1) is 0 Å². The van der Waals surface area contributed by atoms with Crippen molar-refractivity contribution in [2.75, 3.05) is 5.73 Å². The fourth-order valence-corrected chi connectivity index (χ4v) is 2.35. The van der Waals surface area contributed by atoms with Crippen LogP contribution in [-0.2, 0) is 0 Å². The molecule has 0 heterocycles. The third kappa shape index (κ3) is 2.33. The molecule has 1 heteroatoms. The van der Waals surface area contributed by atoms with Gasteiger partial charge in [-0.3, -0.25) is 0 Å². The van der Waals surface area contributed by atoms with Crippen molar-refractivity contribution < 1.29 is 0 Å². The first kappa shape index (κ1) is 11.7. The van der Waals surface area contributed by atoms with Crippen molar-refractivity contribution in [1.29, 1.82) is 0 Å². The van der Waals surface area contributed by atoms with E-state index in [0.29, 0.717) is 0 Å². The monoisotopic (exact) mass is 225 g/mol. The fraction of sp³-hybridized carbons (Fsp3) is 0.250. The molecule has 0 bridgehead atoms. The highest BCUT2D eigenvalue weighted by molar-refractivity contribution is 5.79. The Morgan fingerprint density at radius 1 is 0.706 bits per heavy atom. The molecule has 0 aliphatic rings. The molecular formula is C16H19N. The second-order valence-corrected chi connectivity index (χ2v) is 4.92. The van der Waals surface area contributed by atoms with Crippen molar-refractivity contribution in [1.82, 2.24) is 0 Å². The van der Waals surface area contributed by atoms with Crippen molar-refractivity contribution in [3.05, 3.63) is 52.6 Å². The SMILES string of the molecule is Cc1cc(C)cc(-c2cc(C)cc(C)c2N)c1. The van der Waals surface area contributed by atoms with Crippen LogP contribution in [0.25, 0.3) is 11.1 Å². The quantitative estimate of drug-likeness (QED) is 0.724. The van der Waals surface area contributed by atoms with E-state index < -0.39 is 0 Å². The van der Waals surface area contributed by atoms with E-state index >= 15 is 0 Å². The summed E-state index contributed by atoms with van der Waals surface area (Å²) >= 11 is 0. The molecule has 0 aliphatic carbocycles. The first-order chi connectivity index (χ1) is 7.97. The summed E-state index contributed by atoms with van der Waals surface area (Å²) in [5, 5.41) is 0. The number of nitrogens with two attached hydrogens (primary N) is 1. The van der Waals surface area contributed by atoms with E-state index in [-0.39, 0.29) is 0 Å². The zero-order valence-electron chi connectivity index (χ0n) is 11.0. The highest BCUT2D eigenvalue weighted by Gasteiger charge is 2.07. The van der Waals surface area contributed by atoms with Gasteiger partial charge in [-0.2, -0.15) is 0 Å². The Hall–Kier alpha value is -1.76. The van der Waals surface area contributed by atoms with E-state index in [1.165, 1.54) is 22.3 Å². The third-order valence-electron chi connectivity index (χ3n) is 3.06. The van der Waals surface area contributed by atoms with E-state index in [9.17, 15) is 0 Å². The van der Waals surface area contributed by atoms with Crippen molar-refractivity contribution in [2.45, 2.75) is 27.7 Å². The highest BCUT2D eigenvalue weighted by atomic mass is 14.6. The van der Waals surface area contributed by atoms with Crippen LogP contribution < -0.4 is 5.73 Å². The molecule has 1 nitrogen and oxygen atoms in total. The van der Waals surface area contributed by atoms with Crippen LogP contribution in [0.15, 0.2) is 30.3 Å². The minimum atomic E-state index is 0.889. The molecule has 2 N–H and O–H groups in total. The molecule has 0 aliphatic heterocycles. The van der Waals surface area contributed by atoms with Crippen LogP contribution in [0.2, 0.25) is 0 Å². The molecule has 0 spiro atoms. The van der Waals surface area contributed by atoms with Gasteiger partial charge in [-0.05, 0) is 44.9 Å². The molecule has 0 saturated heterocycles. The molecule has 17 heavy (non-hydrogen) atoms. The highest BCUT2D eigenvalue weighted by Crippen LogP contribution is 2.31. The molecule has 0 aromatic heterocycles. The first-order valence-electron chi connectivity index (χ1n) is 5.93. The Kier molecular flexibility index (Phi) is 2.93. The van der Waals surface area contributed by atoms with E-state index in [0.717, 1.165) is 16.8 Å². The number of aryl methyl sites for hydroxylation is 4. The molecule has 0 fully saturated rings. The fourth-order valence-electron chi connectivity index (χ4n) is 2.35. The van der Waals surface area contributed by atoms with Gasteiger partial charge in [0.1, 0.15) is 0 Å². The van der Waals surface area contributed by atoms with Crippen LogP contribution in [0.3, 0.4) is 0 Å². The van der Waals surface area contributed by atoms with Gasteiger partial charge >= 0.3 is 0 Å². The average Bonchev–Trinajstić information content (AvgIpc) is 2.22. The van der Waals surface area contributed by atoms with Crippen molar-refractivity contribution in [3.63, 3.8) is 0 Å². The summed E-state index contributed by atoms with van der Waals surface area (Å²) in [5.74, 6) is 0. The summed E-state index contributed by atoms with van der Waals surface area (Å²) in [4.78, 5) is 0. The minimum absolute atomic E-state index is 0.889. The average molecular weight is 225 g/mol. The maximum absolute atomic E-state index is 6.18. The molecule has 0 radical (unpaired) electrons. The molecule has 0 amide bonds. The maximum atomic E-state index is 6.18. The smallest absolute Gasteiger partial charge is 0.0423 e. The number of hydrogen-bond acceptors (Lipinski definition) is 1. The van der Waals surface area contributed by atoms with Gasteiger partial charge in [-0.25, -0.2) is 0 Å². The lowest BCUT2D eigenvalue weighted by molar-refractivity contribution is 1.36. The number of benzene rings is 2. The summed E-state index contributed by atoms with van der Waals surface area (Å²) in [7, 11) is 0. The van der Waals surface area contributed by atoms with Gasteiger partial charge in [0, 0.05) is 11.3 Å². The lowest BCUT2D eigenvalue weighted by Gasteiger charge is -2.12. The van der Waals surface area contributed by atoms with E-state index in [1.54, 1.807) is 0 Å². The molecule has 0 unspecified atom stereocenters. The van der Waals surface area contributed by atoms with Crippen molar-refractivity contribution >= 4 is 5.69 Å². The van der Waals surface area contributed by atoms with Gasteiger partial charge in [0.15, 0.2) is 0 Å². The first-order valence-corrected chi connectivity index (χ1v) is 5.93. The van der Waals surface area contributed by atoms with E-state index in [2.05, 4.69) is 58.0 Å². The molecular weight excluding hydrogens is 206 g/mol. The number of rotatable bonds is 1. The second-order valence-electron chi connectivity index (χ2n) is 4.92. The summed E-state index contributed by atoms with van der Waals surface area (Å²) in [6.07, 6.45) is 0. The van der Waals surface area contributed by atoms with Crippen molar-refractivity contribution in [3.8, 4) is 11.1 Å². The van der Waals surface area contributed by atoms with E-state index in [4.69, 9.17) is 5.73 Å². The molecule has 2 aromatic rings. The van der Waals surface area contributed by atoms with E-state index in [1.807, 2.05) is 0 Å². The lowest BCUT2D eigenvalue weighted by atomic mass is 9.96. The second kappa shape index (κ2) is 4.25. The lowest BCUT2D eigenvalue weighted by Crippen LogP contribution is -1.95. The minimum Gasteiger partial charge on any atom is -0.398 e. The van der Waals surface area contributed by atoms with Crippen LogP contribution in [0.1, 0.15) is 22.3 Å². The topological polar surface area (TPSA) is 26.0 Å². The summed E-state index contributed by atoms with van der Waals surface area (Å²) < 4.78 is 0. The number of nitrogen functional groups attached to an aromatic ring is 1. The largest absolute Gasteiger partial charge is 0.398 e. The van der Waals surface area contributed by atoms with Gasteiger partial charge in [0.2, 0.25) is 0 Å². The molecule has 0 atom stereocenters. The van der Waals surface area contributed by atoms with Crippen LogP contribution in [0.4, 0.5) is 5.69 Å². The van der Waals surface area contributed by atoms with Gasteiger partial charge in [-0.1, -0.05) is 41.0 Å². The summed E-state index contributed by atoms with van der Waals surface area (Å²) in [6.45, 7) is 8.41. The van der Waals surface area contributed by atoms with Crippen molar-refractivity contribution in [2.24, 2.45) is 0 Å². The Bertz CT molecular complexity index is 548. The van der Waals surface area contributed by atoms with Crippen LogP contribution >= 0.6 is 0 Å². The summed E-state index contributed by atoms with van der Waals surface area (Å²) in [5.41, 5.74) is 14.4. The van der Waals surface area contributed by atoms with Gasteiger partial charge in [0.25, 0.3) is 0 Å². The molecule has 88 valence electrons. The zero-order chi connectivity index (χ0) is 12.6. The Labute approximate surface area is 103 Å². The summed E-state index contributed by atoms with van der Waals surface area (Å²) in [6, 6.07) is 10.9. The number of hydrogen-bond donors (Lipinski definition) is 1. The van der Waals surface area contributed by atoms with Crippen LogP contribution in [0.5, 0.6) is 0 Å². The molecule has 2 rings (SSSR count). The van der Waals surface area contributed by atoms with Crippen LogP contribution in [0, 0.1) is 27.7 Å². The third-order valence-corrected chi connectivity index (χ3v) is 3.06. The van der Waals surface area contributed by atoms with Gasteiger partial charge in [-0.15, -0.1) is 0 Å². The Morgan fingerprint density at radius 3 is 1.82 bits per heavy atom. The molecule has 2 aromatic carbocycles. The predicted octanol–water partition coefficient (Wildman–Crippen LogP) is 4.17. The standard InChI is InChI=1S/C16H19N/c1-10-5-11(2)8-14(7-10)15-9-12(3)6-13(4)16(15)17/h5-9H,17H2,1-4H3. The molecule has 0 saturated carbocycles. The van der Waals surface area contributed by atoms with Crippen LogP contribution in [-0.4, -0.2) is 0 Å². The van der Waals surface area contributed by atoms with Gasteiger partial charge < -0.3 is 5.73 Å². The zero-order valence-corrected chi connectivity index (χ0v) is 11.0.